The number of fused-ring (bicyclic) bond motifs is 1. The number of rotatable bonds is 7. The van der Waals surface area contributed by atoms with Gasteiger partial charge in [-0.3, -0.25) is 4.79 Å². The summed E-state index contributed by atoms with van der Waals surface area (Å²) in [5.41, 5.74) is 3.98. The summed E-state index contributed by atoms with van der Waals surface area (Å²) in [4.78, 5) is 11.4. The van der Waals surface area contributed by atoms with Gasteiger partial charge in [0.05, 0.1) is 7.11 Å². The SMILES string of the molecule is COc1ccccc1-c1c(C)n(CC(=O)O)c2ccc(NCS(=O)O)cc12. The second kappa shape index (κ2) is 7.81. The van der Waals surface area contributed by atoms with Crippen LogP contribution in [0.1, 0.15) is 5.69 Å². The zero-order valence-corrected chi connectivity index (χ0v) is 15.7. The number of ether oxygens (including phenoxy) is 1. The minimum atomic E-state index is -1.97. The molecule has 8 heteroatoms. The Morgan fingerprint density at radius 1 is 1.26 bits per heavy atom. The first-order valence-electron chi connectivity index (χ1n) is 8.21. The molecule has 0 amide bonds. The first-order valence-corrected chi connectivity index (χ1v) is 9.49. The number of nitrogens with one attached hydrogen (secondary N) is 1. The predicted octanol–water partition coefficient (Wildman–Crippen LogP) is 3.30. The number of aromatic nitrogens is 1. The van der Waals surface area contributed by atoms with Crippen LogP contribution in [-0.4, -0.2) is 37.4 Å². The van der Waals surface area contributed by atoms with E-state index in [1.165, 1.54) is 0 Å². The molecule has 3 N–H and O–H groups in total. The van der Waals surface area contributed by atoms with E-state index in [9.17, 15) is 14.1 Å². The van der Waals surface area contributed by atoms with Crippen LogP contribution in [0.3, 0.4) is 0 Å². The van der Waals surface area contributed by atoms with E-state index in [0.29, 0.717) is 11.4 Å². The molecule has 0 aliphatic rings. The van der Waals surface area contributed by atoms with Gasteiger partial charge in [-0.2, -0.15) is 0 Å². The minimum absolute atomic E-state index is 0.0929. The number of anilines is 1. The molecule has 0 spiro atoms. The minimum Gasteiger partial charge on any atom is -0.496 e. The molecule has 0 radical (unpaired) electrons. The predicted molar refractivity (Wildman–Crippen MR) is 106 cm³/mol. The third kappa shape index (κ3) is 3.81. The average molecular weight is 388 g/mol. The maximum atomic E-state index is 11.4. The summed E-state index contributed by atoms with van der Waals surface area (Å²) in [5.74, 6) is -0.339. The van der Waals surface area contributed by atoms with E-state index in [0.717, 1.165) is 27.7 Å². The molecule has 1 unspecified atom stereocenters. The molecule has 0 bridgehead atoms. The molecule has 1 aromatic heterocycles. The van der Waals surface area contributed by atoms with Crippen molar-refractivity contribution in [3.8, 4) is 16.9 Å². The third-order valence-electron chi connectivity index (χ3n) is 4.39. The number of carbonyl (C=O) groups is 1. The van der Waals surface area contributed by atoms with Crippen LogP contribution in [0.15, 0.2) is 42.5 Å². The average Bonchev–Trinajstić information content (AvgIpc) is 2.90. The Morgan fingerprint density at radius 3 is 2.67 bits per heavy atom. The van der Waals surface area contributed by atoms with Crippen LogP contribution < -0.4 is 10.1 Å². The molecule has 142 valence electrons. The van der Waals surface area contributed by atoms with Crippen molar-refractivity contribution in [2.75, 3.05) is 18.3 Å². The van der Waals surface area contributed by atoms with Gasteiger partial charge in [-0.25, -0.2) is 4.21 Å². The summed E-state index contributed by atoms with van der Waals surface area (Å²) >= 11 is -1.97. The molecule has 1 atom stereocenters. The van der Waals surface area contributed by atoms with Crippen molar-refractivity contribution in [1.29, 1.82) is 0 Å². The van der Waals surface area contributed by atoms with E-state index in [2.05, 4.69) is 5.32 Å². The maximum Gasteiger partial charge on any atom is 0.323 e. The number of hydrogen-bond donors (Lipinski definition) is 3. The number of carboxylic acid groups (broad SMARTS) is 1. The fourth-order valence-electron chi connectivity index (χ4n) is 3.27. The van der Waals surface area contributed by atoms with Gasteiger partial charge in [0.25, 0.3) is 0 Å². The highest BCUT2D eigenvalue weighted by atomic mass is 32.2. The number of hydrogen-bond acceptors (Lipinski definition) is 4. The summed E-state index contributed by atoms with van der Waals surface area (Å²) in [7, 11) is 1.59. The van der Waals surface area contributed by atoms with Gasteiger partial charge in [-0.05, 0) is 31.2 Å². The smallest absolute Gasteiger partial charge is 0.323 e. The summed E-state index contributed by atoms with van der Waals surface area (Å²) in [5, 5.41) is 13.1. The molecule has 0 saturated heterocycles. The van der Waals surface area contributed by atoms with E-state index in [4.69, 9.17) is 9.29 Å². The molecule has 0 aliphatic carbocycles. The van der Waals surface area contributed by atoms with Crippen molar-refractivity contribution in [3.63, 3.8) is 0 Å². The first kappa shape index (κ1) is 18.9. The zero-order chi connectivity index (χ0) is 19.6. The van der Waals surface area contributed by atoms with E-state index in [1.807, 2.05) is 43.3 Å². The summed E-state index contributed by atoms with van der Waals surface area (Å²) in [6, 6.07) is 13.0. The number of aliphatic carboxylic acids is 1. The maximum absolute atomic E-state index is 11.4. The van der Waals surface area contributed by atoms with Crippen LogP contribution in [0.5, 0.6) is 5.75 Å². The Kier molecular flexibility index (Phi) is 5.48. The second-order valence-corrected chi connectivity index (χ2v) is 6.95. The van der Waals surface area contributed by atoms with Crippen LogP contribution in [0, 0.1) is 6.92 Å². The Hall–Kier alpha value is -2.84. The number of carboxylic acids is 1. The standard InChI is InChI=1S/C19H20N2O5S/c1-12-19(14-5-3-4-6-17(14)26-2)15-9-13(20-11-27(24)25)7-8-16(15)21(12)10-18(22)23/h3-9,20H,10-11H2,1-2H3,(H,22,23)(H,24,25). The van der Waals surface area contributed by atoms with Crippen molar-refractivity contribution >= 4 is 33.6 Å². The van der Waals surface area contributed by atoms with Crippen LogP contribution in [0.4, 0.5) is 5.69 Å². The summed E-state index contributed by atoms with van der Waals surface area (Å²) in [6.45, 7) is 1.71. The molecule has 0 saturated carbocycles. The molecule has 0 aliphatic heterocycles. The quantitative estimate of drug-likeness (QED) is 0.537. The molecular formula is C19H20N2O5S. The molecule has 1 heterocycles. The highest BCUT2D eigenvalue weighted by molar-refractivity contribution is 7.79. The lowest BCUT2D eigenvalue weighted by atomic mass is 10.0. The fourth-order valence-corrected chi connectivity index (χ4v) is 3.56. The zero-order valence-electron chi connectivity index (χ0n) is 14.9. The molecular weight excluding hydrogens is 368 g/mol. The summed E-state index contributed by atoms with van der Waals surface area (Å²) in [6.07, 6.45) is 0. The lowest BCUT2D eigenvalue weighted by Gasteiger charge is -2.10. The summed E-state index contributed by atoms with van der Waals surface area (Å²) < 4.78 is 27.2. The molecule has 27 heavy (non-hydrogen) atoms. The highest BCUT2D eigenvalue weighted by Gasteiger charge is 2.20. The lowest BCUT2D eigenvalue weighted by molar-refractivity contribution is -0.137. The van der Waals surface area contributed by atoms with Gasteiger partial charge in [0.1, 0.15) is 18.2 Å². The van der Waals surface area contributed by atoms with Crippen LogP contribution in [0.25, 0.3) is 22.0 Å². The normalized spacial score (nSPS) is 12.1. The van der Waals surface area contributed by atoms with Crippen molar-refractivity contribution < 1.29 is 23.4 Å². The highest BCUT2D eigenvalue weighted by Crippen LogP contribution is 2.40. The van der Waals surface area contributed by atoms with E-state index < -0.39 is 17.0 Å². The van der Waals surface area contributed by atoms with Crippen molar-refractivity contribution in [2.45, 2.75) is 13.5 Å². The topological polar surface area (TPSA) is 101 Å². The first-order chi connectivity index (χ1) is 12.9. The van der Waals surface area contributed by atoms with Gasteiger partial charge in [0.2, 0.25) is 0 Å². The van der Waals surface area contributed by atoms with Gasteiger partial charge in [0.15, 0.2) is 11.1 Å². The van der Waals surface area contributed by atoms with Gasteiger partial charge in [0, 0.05) is 33.4 Å². The fraction of sp³-hybridized carbons (Fsp3) is 0.211. The molecule has 2 aromatic carbocycles. The van der Waals surface area contributed by atoms with Crippen LogP contribution in [-0.2, 0) is 22.4 Å². The van der Waals surface area contributed by atoms with Crippen LogP contribution in [0.2, 0.25) is 0 Å². The Morgan fingerprint density at radius 2 is 2.00 bits per heavy atom. The monoisotopic (exact) mass is 388 g/mol. The van der Waals surface area contributed by atoms with Gasteiger partial charge >= 0.3 is 5.97 Å². The Labute approximate surface area is 158 Å². The van der Waals surface area contributed by atoms with Gasteiger partial charge in [-0.15, -0.1) is 0 Å². The third-order valence-corrected chi connectivity index (χ3v) is 4.78. The lowest BCUT2D eigenvalue weighted by Crippen LogP contribution is -2.10. The van der Waals surface area contributed by atoms with E-state index in [1.54, 1.807) is 17.7 Å². The van der Waals surface area contributed by atoms with Gasteiger partial charge in [-0.1, -0.05) is 18.2 Å². The second-order valence-electron chi connectivity index (χ2n) is 6.02. The number of para-hydroxylation sites is 1. The number of nitrogens with zero attached hydrogens (tertiary/aromatic N) is 1. The molecule has 0 fully saturated rings. The Balaban J connectivity index is 2.25. The van der Waals surface area contributed by atoms with E-state index >= 15 is 0 Å². The molecule has 3 rings (SSSR count). The number of methoxy groups -OCH3 is 1. The molecule has 3 aromatic rings. The van der Waals surface area contributed by atoms with Crippen LogP contribution >= 0.6 is 0 Å². The van der Waals surface area contributed by atoms with Gasteiger partial charge < -0.3 is 24.3 Å². The van der Waals surface area contributed by atoms with Crippen molar-refractivity contribution in [1.82, 2.24) is 4.57 Å². The number of benzene rings is 2. The largest absolute Gasteiger partial charge is 0.496 e. The van der Waals surface area contributed by atoms with E-state index in [-0.39, 0.29) is 12.4 Å². The Bertz CT molecular complexity index is 1030. The van der Waals surface area contributed by atoms with Crippen molar-refractivity contribution in [3.05, 3.63) is 48.2 Å². The molecule has 7 nitrogen and oxygen atoms in total. The van der Waals surface area contributed by atoms with Crippen molar-refractivity contribution in [2.24, 2.45) is 0 Å².